The van der Waals surface area contributed by atoms with Crippen LogP contribution in [-0.2, 0) is 23.8 Å². The van der Waals surface area contributed by atoms with Gasteiger partial charge in [0.15, 0.2) is 0 Å². The summed E-state index contributed by atoms with van der Waals surface area (Å²) in [6, 6.07) is 21.0. The number of nitrogens with zero attached hydrogens (tertiary/aromatic N) is 3. The van der Waals surface area contributed by atoms with Crippen LogP contribution in [0.25, 0.3) is 11.0 Å². The van der Waals surface area contributed by atoms with Crippen molar-refractivity contribution in [3.63, 3.8) is 0 Å². The van der Waals surface area contributed by atoms with Gasteiger partial charge in [0.25, 0.3) is 0 Å². The number of phenols is 1. The monoisotopic (exact) mass is 534 g/mol. The summed E-state index contributed by atoms with van der Waals surface area (Å²) in [5.74, 6) is 0.874. The SMILES string of the molecule is CC1CC(Nc2ccc(Cn3nnc4ccccc43)cc2)=CC=C1Cc1cc(C(C)(C)C)c(O)c(C(C)(C)C)c1. The largest absolute Gasteiger partial charge is 0.507 e. The molecule has 1 aromatic heterocycles. The van der Waals surface area contributed by atoms with Gasteiger partial charge < -0.3 is 10.4 Å². The molecule has 2 N–H and O–H groups in total. The summed E-state index contributed by atoms with van der Waals surface area (Å²) in [5.41, 5.74) is 9.96. The molecule has 1 aliphatic carbocycles. The van der Waals surface area contributed by atoms with E-state index in [9.17, 15) is 5.11 Å². The zero-order valence-electron chi connectivity index (χ0n) is 24.9. The Morgan fingerprint density at radius 1 is 0.875 bits per heavy atom. The molecule has 0 radical (unpaired) electrons. The smallest absolute Gasteiger partial charge is 0.123 e. The number of anilines is 1. The highest BCUT2D eigenvalue weighted by molar-refractivity contribution is 5.74. The number of rotatable bonds is 6. The number of aromatic hydroxyl groups is 1. The van der Waals surface area contributed by atoms with Gasteiger partial charge in [-0.2, -0.15) is 0 Å². The van der Waals surface area contributed by atoms with Gasteiger partial charge in [-0.25, -0.2) is 4.68 Å². The lowest BCUT2D eigenvalue weighted by Crippen LogP contribution is -2.18. The van der Waals surface area contributed by atoms with E-state index in [-0.39, 0.29) is 10.8 Å². The molecule has 0 amide bonds. The van der Waals surface area contributed by atoms with Crippen molar-refractivity contribution in [2.75, 3.05) is 5.32 Å². The normalized spacial score (nSPS) is 16.1. The Bertz CT molecular complexity index is 1540. The molecule has 208 valence electrons. The molecule has 1 heterocycles. The van der Waals surface area contributed by atoms with Gasteiger partial charge in [0.05, 0.1) is 12.1 Å². The van der Waals surface area contributed by atoms with E-state index in [1.165, 1.54) is 22.4 Å². The van der Waals surface area contributed by atoms with E-state index in [0.29, 0.717) is 18.2 Å². The molecule has 0 saturated heterocycles. The number of allylic oxidation sites excluding steroid dienone is 4. The second-order valence-corrected chi connectivity index (χ2v) is 13.3. The summed E-state index contributed by atoms with van der Waals surface area (Å²) in [5, 5.41) is 23.3. The topological polar surface area (TPSA) is 63.0 Å². The molecular formula is C35H42N4O. The molecule has 40 heavy (non-hydrogen) atoms. The van der Waals surface area contributed by atoms with Crippen LogP contribution in [-0.4, -0.2) is 20.1 Å². The summed E-state index contributed by atoms with van der Waals surface area (Å²) in [4.78, 5) is 0. The van der Waals surface area contributed by atoms with E-state index in [1.807, 2.05) is 22.9 Å². The van der Waals surface area contributed by atoms with Gasteiger partial charge in [-0.1, -0.05) is 102 Å². The van der Waals surface area contributed by atoms with Crippen molar-refractivity contribution >= 4 is 16.7 Å². The third-order valence-corrected chi connectivity index (χ3v) is 7.86. The number of benzene rings is 3. The van der Waals surface area contributed by atoms with E-state index in [2.05, 4.69) is 119 Å². The first kappa shape index (κ1) is 27.7. The van der Waals surface area contributed by atoms with E-state index in [0.717, 1.165) is 40.7 Å². The fourth-order valence-corrected chi connectivity index (χ4v) is 5.49. The van der Waals surface area contributed by atoms with Crippen LogP contribution in [0.15, 0.2) is 84.1 Å². The second kappa shape index (κ2) is 10.6. The predicted molar refractivity (Wildman–Crippen MR) is 166 cm³/mol. The van der Waals surface area contributed by atoms with Crippen LogP contribution in [0.1, 0.15) is 77.1 Å². The van der Waals surface area contributed by atoms with Crippen LogP contribution < -0.4 is 5.32 Å². The minimum Gasteiger partial charge on any atom is -0.507 e. The lowest BCUT2D eigenvalue weighted by Gasteiger charge is -2.29. The molecule has 0 aliphatic heterocycles. The Morgan fingerprint density at radius 2 is 1.52 bits per heavy atom. The first-order valence-electron chi connectivity index (χ1n) is 14.3. The third kappa shape index (κ3) is 5.99. The molecular weight excluding hydrogens is 492 g/mol. The minimum absolute atomic E-state index is 0.123. The number of nitrogens with one attached hydrogen (secondary N) is 1. The van der Waals surface area contributed by atoms with Crippen molar-refractivity contribution in [2.24, 2.45) is 5.92 Å². The molecule has 4 aromatic rings. The van der Waals surface area contributed by atoms with Gasteiger partial charge in [0.2, 0.25) is 0 Å². The first-order valence-corrected chi connectivity index (χ1v) is 14.3. The first-order chi connectivity index (χ1) is 18.9. The molecule has 0 fully saturated rings. The molecule has 1 atom stereocenters. The Labute approximate surface area is 238 Å². The summed E-state index contributed by atoms with van der Waals surface area (Å²) in [6.45, 7) is 16.0. The molecule has 5 nitrogen and oxygen atoms in total. The lowest BCUT2D eigenvalue weighted by molar-refractivity contribution is 0.422. The number of hydrogen-bond acceptors (Lipinski definition) is 4. The van der Waals surface area contributed by atoms with E-state index in [1.54, 1.807) is 0 Å². The van der Waals surface area contributed by atoms with Gasteiger partial charge in [-0.3, -0.25) is 0 Å². The zero-order chi connectivity index (χ0) is 28.7. The zero-order valence-corrected chi connectivity index (χ0v) is 24.9. The second-order valence-electron chi connectivity index (χ2n) is 13.3. The van der Waals surface area contributed by atoms with Crippen molar-refractivity contribution in [1.82, 2.24) is 15.0 Å². The summed E-state index contributed by atoms with van der Waals surface area (Å²) < 4.78 is 1.94. The van der Waals surface area contributed by atoms with Gasteiger partial charge in [-0.15, -0.1) is 5.10 Å². The average Bonchev–Trinajstić information content (AvgIpc) is 3.29. The summed E-state index contributed by atoms with van der Waals surface area (Å²) in [7, 11) is 0. The lowest BCUT2D eigenvalue weighted by atomic mass is 9.77. The van der Waals surface area contributed by atoms with E-state index >= 15 is 0 Å². The van der Waals surface area contributed by atoms with Crippen LogP contribution in [0.4, 0.5) is 5.69 Å². The maximum Gasteiger partial charge on any atom is 0.123 e. The number of hydrogen-bond donors (Lipinski definition) is 2. The van der Waals surface area contributed by atoms with Gasteiger partial charge >= 0.3 is 0 Å². The molecule has 3 aromatic carbocycles. The van der Waals surface area contributed by atoms with Gasteiger partial charge in [0.1, 0.15) is 11.3 Å². The van der Waals surface area contributed by atoms with Crippen molar-refractivity contribution < 1.29 is 5.11 Å². The Kier molecular flexibility index (Phi) is 7.34. The standard InChI is InChI=1S/C35H42N4O/c1-23-18-28(36-27-15-12-24(13-16-27)22-39-32-11-9-8-10-31(32)37-38-39)17-14-26(23)19-25-20-29(34(2,3)4)33(40)30(21-25)35(5,6)7/h8-17,20-21,23,36,40H,18-19,22H2,1-7H3. The molecule has 0 saturated carbocycles. The van der Waals surface area contributed by atoms with Crippen molar-refractivity contribution in [1.29, 1.82) is 0 Å². The van der Waals surface area contributed by atoms with E-state index in [4.69, 9.17) is 0 Å². The highest BCUT2D eigenvalue weighted by atomic mass is 16.3. The van der Waals surface area contributed by atoms with Crippen molar-refractivity contribution in [3.8, 4) is 5.75 Å². The molecule has 0 bridgehead atoms. The molecule has 5 heteroatoms. The predicted octanol–water partition coefficient (Wildman–Crippen LogP) is 8.28. The Morgan fingerprint density at radius 3 is 2.15 bits per heavy atom. The Hall–Kier alpha value is -3.86. The number of para-hydroxylation sites is 1. The molecule has 0 spiro atoms. The average molecular weight is 535 g/mol. The summed E-state index contributed by atoms with van der Waals surface area (Å²) in [6.07, 6.45) is 6.36. The quantitative estimate of drug-likeness (QED) is 0.261. The van der Waals surface area contributed by atoms with Crippen LogP contribution in [0.3, 0.4) is 0 Å². The van der Waals surface area contributed by atoms with E-state index < -0.39 is 0 Å². The number of aromatic nitrogens is 3. The van der Waals surface area contributed by atoms with Gasteiger partial charge in [-0.05, 0) is 82.2 Å². The summed E-state index contributed by atoms with van der Waals surface area (Å²) >= 11 is 0. The van der Waals surface area contributed by atoms with Crippen LogP contribution in [0.5, 0.6) is 5.75 Å². The maximum absolute atomic E-state index is 11.1. The van der Waals surface area contributed by atoms with Crippen LogP contribution in [0.2, 0.25) is 0 Å². The number of phenolic OH excluding ortho intramolecular Hbond substituents is 1. The maximum atomic E-state index is 11.1. The molecule has 1 unspecified atom stereocenters. The third-order valence-electron chi connectivity index (χ3n) is 7.86. The molecule has 1 aliphatic rings. The van der Waals surface area contributed by atoms with Gasteiger partial charge in [0, 0.05) is 11.4 Å². The van der Waals surface area contributed by atoms with Crippen LogP contribution >= 0.6 is 0 Å². The highest BCUT2D eigenvalue weighted by Crippen LogP contribution is 2.41. The highest BCUT2D eigenvalue weighted by Gasteiger charge is 2.27. The fourth-order valence-electron chi connectivity index (χ4n) is 5.49. The number of fused-ring (bicyclic) bond motifs is 1. The minimum atomic E-state index is -0.123. The fraction of sp³-hybridized carbons (Fsp3) is 0.371. The molecule has 5 rings (SSSR count). The Balaban J connectivity index is 1.29. The van der Waals surface area contributed by atoms with Crippen molar-refractivity contribution in [3.05, 3.63) is 106 Å². The van der Waals surface area contributed by atoms with Crippen LogP contribution in [0, 0.1) is 5.92 Å². The van der Waals surface area contributed by atoms with Crippen molar-refractivity contribution in [2.45, 2.75) is 78.7 Å².